The minimum atomic E-state index is -4.42. The van der Waals surface area contributed by atoms with Crippen LogP contribution in [0.15, 0.2) is 41.6 Å². The molecule has 1 aromatic heterocycles. The average Bonchev–Trinajstić information content (AvgIpc) is 2.66. The highest BCUT2D eigenvalue weighted by Gasteiger charge is 2.30. The summed E-state index contributed by atoms with van der Waals surface area (Å²) in [6.07, 6.45) is -3.02. The number of carbonyl (C=O) groups excluding carboxylic acids is 1. The van der Waals surface area contributed by atoms with Crippen LogP contribution in [0.5, 0.6) is 11.5 Å². The highest BCUT2D eigenvalue weighted by molar-refractivity contribution is 7.99. The SMILES string of the molecule is O=C(CSc1ccc(C(F)(F)F)cn1)NCCc1ccc2c(c1)OCCO2. The van der Waals surface area contributed by atoms with Crippen molar-refractivity contribution in [3.63, 3.8) is 0 Å². The van der Waals surface area contributed by atoms with Crippen molar-refractivity contribution >= 4 is 17.7 Å². The van der Waals surface area contributed by atoms with Crippen LogP contribution in [0.3, 0.4) is 0 Å². The van der Waals surface area contributed by atoms with Gasteiger partial charge in [-0.25, -0.2) is 4.98 Å². The maximum absolute atomic E-state index is 12.5. The van der Waals surface area contributed by atoms with E-state index in [-0.39, 0.29) is 11.7 Å². The number of amides is 1. The van der Waals surface area contributed by atoms with Crippen LogP contribution >= 0.6 is 11.8 Å². The van der Waals surface area contributed by atoms with Gasteiger partial charge in [0.05, 0.1) is 16.3 Å². The first-order valence-electron chi connectivity index (χ1n) is 8.23. The third-order valence-electron chi connectivity index (χ3n) is 3.76. The van der Waals surface area contributed by atoms with Crippen LogP contribution in [-0.2, 0) is 17.4 Å². The molecule has 1 aliphatic heterocycles. The van der Waals surface area contributed by atoms with Crippen LogP contribution in [0.2, 0.25) is 0 Å². The van der Waals surface area contributed by atoms with Gasteiger partial charge in [-0.3, -0.25) is 4.79 Å². The van der Waals surface area contributed by atoms with Crippen LogP contribution in [0.4, 0.5) is 13.2 Å². The predicted molar refractivity (Wildman–Crippen MR) is 94.1 cm³/mol. The number of aromatic nitrogens is 1. The number of nitrogens with zero attached hydrogens (tertiary/aromatic N) is 1. The molecule has 0 unspecified atom stereocenters. The molecular weight excluding hydrogens is 381 g/mol. The van der Waals surface area contributed by atoms with Gasteiger partial charge in [0.2, 0.25) is 5.91 Å². The zero-order valence-electron chi connectivity index (χ0n) is 14.2. The molecule has 0 bridgehead atoms. The number of fused-ring (bicyclic) bond motifs is 1. The van der Waals surface area contributed by atoms with Crippen LogP contribution in [-0.4, -0.2) is 36.4 Å². The summed E-state index contributed by atoms with van der Waals surface area (Å²) in [4.78, 5) is 15.6. The number of pyridine rings is 1. The van der Waals surface area contributed by atoms with Crippen molar-refractivity contribution in [3.05, 3.63) is 47.7 Å². The van der Waals surface area contributed by atoms with Gasteiger partial charge < -0.3 is 14.8 Å². The number of alkyl halides is 3. The average molecular weight is 398 g/mol. The molecule has 0 fully saturated rings. The quantitative estimate of drug-likeness (QED) is 0.757. The largest absolute Gasteiger partial charge is 0.486 e. The van der Waals surface area contributed by atoms with Gasteiger partial charge in [0, 0.05) is 12.7 Å². The van der Waals surface area contributed by atoms with Crippen molar-refractivity contribution in [1.29, 1.82) is 0 Å². The van der Waals surface area contributed by atoms with Crippen molar-refractivity contribution in [2.24, 2.45) is 0 Å². The second-order valence-electron chi connectivity index (χ2n) is 5.75. The summed E-state index contributed by atoms with van der Waals surface area (Å²) in [5, 5.41) is 3.14. The molecular formula is C18H17F3N2O3S. The maximum Gasteiger partial charge on any atom is 0.417 e. The molecule has 27 heavy (non-hydrogen) atoms. The standard InChI is InChI=1S/C18H17F3N2O3S/c19-18(20,21)13-2-4-17(23-10-13)27-11-16(24)22-6-5-12-1-3-14-15(9-12)26-8-7-25-14/h1-4,9-10H,5-8,11H2,(H,22,24). The summed E-state index contributed by atoms with van der Waals surface area (Å²) >= 11 is 1.09. The molecule has 2 heterocycles. The lowest BCUT2D eigenvalue weighted by molar-refractivity contribution is -0.137. The zero-order valence-corrected chi connectivity index (χ0v) is 15.0. The first kappa shape index (κ1) is 19.3. The fraction of sp³-hybridized carbons (Fsp3) is 0.333. The van der Waals surface area contributed by atoms with Crippen molar-refractivity contribution in [2.75, 3.05) is 25.5 Å². The Balaban J connectivity index is 1.41. The van der Waals surface area contributed by atoms with Gasteiger partial charge in [-0.15, -0.1) is 0 Å². The van der Waals surface area contributed by atoms with E-state index in [1.165, 1.54) is 6.07 Å². The molecule has 0 saturated carbocycles. The van der Waals surface area contributed by atoms with Crippen LogP contribution in [0.1, 0.15) is 11.1 Å². The number of halogens is 3. The number of hydrogen-bond acceptors (Lipinski definition) is 5. The van der Waals surface area contributed by atoms with Gasteiger partial charge >= 0.3 is 6.18 Å². The Morgan fingerprint density at radius 1 is 1.15 bits per heavy atom. The lowest BCUT2D eigenvalue weighted by Crippen LogP contribution is -2.27. The van der Waals surface area contributed by atoms with Gasteiger partial charge in [-0.05, 0) is 36.2 Å². The summed E-state index contributed by atoms with van der Waals surface area (Å²) in [7, 11) is 0. The lowest BCUT2D eigenvalue weighted by atomic mass is 10.1. The van der Waals surface area contributed by atoms with E-state index in [1.807, 2.05) is 18.2 Å². The Hall–Kier alpha value is -2.42. The monoisotopic (exact) mass is 398 g/mol. The summed E-state index contributed by atoms with van der Waals surface area (Å²) in [5.74, 6) is 1.29. The zero-order chi connectivity index (χ0) is 19.3. The minimum Gasteiger partial charge on any atom is -0.486 e. The molecule has 144 valence electrons. The molecule has 2 aromatic rings. The minimum absolute atomic E-state index is 0.0828. The number of nitrogens with one attached hydrogen (secondary N) is 1. The third-order valence-corrected chi connectivity index (χ3v) is 4.70. The van der Waals surface area contributed by atoms with E-state index in [0.717, 1.165) is 35.3 Å². The lowest BCUT2D eigenvalue weighted by Gasteiger charge is -2.18. The number of ether oxygens (including phenoxy) is 2. The van der Waals surface area contributed by atoms with Gasteiger partial charge in [0.15, 0.2) is 11.5 Å². The smallest absolute Gasteiger partial charge is 0.417 e. The van der Waals surface area contributed by atoms with E-state index in [0.29, 0.717) is 37.0 Å². The molecule has 0 spiro atoms. The first-order valence-corrected chi connectivity index (χ1v) is 9.21. The summed E-state index contributed by atoms with van der Waals surface area (Å²) in [6, 6.07) is 7.87. The van der Waals surface area contributed by atoms with Crippen LogP contribution in [0, 0.1) is 0 Å². The number of thioether (sulfide) groups is 1. The number of carbonyl (C=O) groups is 1. The van der Waals surface area contributed by atoms with E-state index >= 15 is 0 Å². The maximum atomic E-state index is 12.5. The third kappa shape index (κ3) is 5.53. The Labute approximate surface area is 158 Å². The van der Waals surface area contributed by atoms with E-state index in [1.54, 1.807) is 0 Å². The van der Waals surface area contributed by atoms with Gasteiger partial charge in [-0.2, -0.15) is 13.2 Å². The molecule has 0 saturated heterocycles. The Morgan fingerprint density at radius 3 is 2.63 bits per heavy atom. The summed E-state index contributed by atoms with van der Waals surface area (Å²) in [6.45, 7) is 1.50. The highest BCUT2D eigenvalue weighted by atomic mass is 32.2. The van der Waals surface area contributed by atoms with E-state index in [4.69, 9.17) is 9.47 Å². The number of benzene rings is 1. The van der Waals surface area contributed by atoms with Gasteiger partial charge in [0.25, 0.3) is 0 Å². The molecule has 1 aliphatic rings. The second kappa shape index (κ2) is 8.51. The van der Waals surface area contributed by atoms with Gasteiger partial charge in [0.1, 0.15) is 13.2 Å². The second-order valence-corrected chi connectivity index (χ2v) is 6.75. The van der Waals surface area contributed by atoms with E-state index < -0.39 is 11.7 Å². The fourth-order valence-corrected chi connectivity index (χ4v) is 3.09. The predicted octanol–water partition coefficient (Wildman–Crippen LogP) is 3.32. The van der Waals surface area contributed by atoms with Crippen molar-refractivity contribution in [2.45, 2.75) is 17.6 Å². The topological polar surface area (TPSA) is 60.5 Å². The molecule has 3 rings (SSSR count). The Kier molecular flexibility index (Phi) is 6.10. The molecule has 0 aliphatic carbocycles. The Morgan fingerprint density at radius 2 is 1.93 bits per heavy atom. The molecule has 0 atom stereocenters. The molecule has 1 aromatic carbocycles. The number of rotatable bonds is 6. The normalized spacial score (nSPS) is 13.3. The molecule has 1 amide bonds. The van der Waals surface area contributed by atoms with Crippen LogP contribution in [0.25, 0.3) is 0 Å². The molecule has 5 nitrogen and oxygen atoms in total. The highest BCUT2D eigenvalue weighted by Crippen LogP contribution is 2.31. The molecule has 9 heteroatoms. The Bertz CT molecular complexity index is 797. The van der Waals surface area contributed by atoms with Crippen LogP contribution < -0.4 is 14.8 Å². The van der Waals surface area contributed by atoms with E-state index in [2.05, 4.69) is 10.3 Å². The fourth-order valence-electron chi connectivity index (χ4n) is 2.41. The van der Waals surface area contributed by atoms with Crippen molar-refractivity contribution in [3.8, 4) is 11.5 Å². The van der Waals surface area contributed by atoms with Crippen molar-refractivity contribution in [1.82, 2.24) is 10.3 Å². The van der Waals surface area contributed by atoms with E-state index in [9.17, 15) is 18.0 Å². The first-order chi connectivity index (χ1) is 12.9. The number of hydrogen-bond donors (Lipinski definition) is 1. The summed E-state index contributed by atoms with van der Waals surface area (Å²) in [5.41, 5.74) is 0.201. The van der Waals surface area contributed by atoms with Gasteiger partial charge in [-0.1, -0.05) is 17.8 Å². The van der Waals surface area contributed by atoms with Crippen molar-refractivity contribution < 1.29 is 27.4 Å². The molecule has 0 radical (unpaired) electrons. The summed E-state index contributed by atoms with van der Waals surface area (Å²) < 4.78 is 48.4. The molecule has 1 N–H and O–H groups in total.